The molecule has 0 N–H and O–H groups in total. The third-order valence-corrected chi connectivity index (χ3v) is 3.14. The van der Waals surface area contributed by atoms with Gasteiger partial charge in [0.25, 0.3) is 0 Å². The van der Waals surface area contributed by atoms with Gasteiger partial charge in [-0.05, 0) is 13.3 Å². The Kier molecular flexibility index (Phi) is 3.13. The van der Waals surface area contributed by atoms with Crippen molar-refractivity contribution >= 4 is 15.9 Å². The van der Waals surface area contributed by atoms with Crippen LogP contribution in [-0.4, -0.2) is 23.2 Å². The van der Waals surface area contributed by atoms with Crippen LogP contribution in [0.25, 0.3) is 0 Å². The lowest BCUT2D eigenvalue weighted by Gasteiger charge is -2.08. The van der Waals surface area contributed by atoms with Crippen molar-refractivity contribution in [3.8, 4) is 0 Å². The van der Waals surface area contributed by atoms with E-state index in [4.69, 9.17) is 4.74 Å². The molecule has 4 heteroatoms. The number of halogens is 1. The highest BCUT2D eigenvalue weighted by Gasteiger charge is 2.20. The van der Waals surface area contributed by atoms with Gasteiger partial charge in [0.2, 0.25) is 0 Å². The smallest absolute Gasteiger partial charge is 0.134 e. The SMILES string of the molecule is Cc1nc(C2CCOC2)ncc1CBr. The Morgan fingerprint density at radius 2 is 2.50 bits per heavy atom. The van der Waals surface area contributed by atoms with Crippen LogP contribution in [0.4, 0.5) is 0 Å². The molecule has 0 spiro atoms. The molecular formula is C10H13BrN2O. The lowest BCUT2D eigenvalue weighted by atomic mass is 10.1. The fraction of sp³-hybridized carbons (Fsp3) is 0.600. The van der Waals surface area contributed by atoms with Crippen molar-refractivity contribution < 1.29 is 4.74 Å². The first-order valence-corrected chi connectivity index (χ1v) is 5.89. The Labute approximate surface area is 92.0 Å². The van der Waals surface area contributed by atoms with E-state index < -0.39 is 0 Å². The van der Waals surface area contributed by atoms with Gasteiger partial charge in [0.15, 0.2) is 0 Å². The zero-order valence-electron chi connectivity index (χ0n) is 8.16. The van der Waals surface area contributed by atoms with E-state index >= 15 is 0 Å². The van der Waals surface area contributed by atoms with Crippen molar-refractivity contribution in [1.82, 2.24) is 9.97 Å². The molecule has 0 aliphatic carbocycles. The molecule has 0 saturated carbocycles. The summed E-state index contributed by atoms with van der Waals surface area (Å²) in [6, 6.07) is 0. The minimum Gasteiger partial charge on any atom is -0.381 e. The molecule has 0 aromatic carbocycles. The van der Waals surface area contributed by atoms with Crippen LogP contribution < -0.4 is 0 Å². The number of nitrogens with zero attached hydrogens (tertiary/aromatic N) is 2. The molecule has 2 heterocycles. The van der Waals surface area contributed by atoms with Gasteiger partial charge in [0.1, 0.15) is 5.82 Å². The Bertz CT molecular complexity index is 324. The summed E-state index contributed by atoms with van der Waals surface area (Å²) in [5.74, 6) is 1.34. The van der Waals surface area contributed by atoms with Crippen LogP contribution >= 0.6 is 15.9 Å². The number of aromatic nitrogens is 2. The van der Waals surface area contributed by atoms with Crippen molar-refractivity contribution in [2.75, 3.05) is 13.2 Å². The second-order valence-corrected chi connectivity index (χ2v) is 4.09. The van der Waals surface area contributed by atoms with E-state index in [9.17, 15) is 0 Å². The number of rotatable bonds is 2. The fourth-order valence-corrected chi connectivity index (χ4v) is 2.13. The maximum absolute atomic E-state index is 5.32. The van der Waals surface area contributed by atoms with Crippen LogP contribution in [0.2, 0.25) is 0 Å². The van der Waals surface area contributed by atoms with Crippen LogP contribution in [-0.2, 0) is 10.1 Å². The third-order valence-electron chi connectivity index (χ3n) is 2.54. The molecule has 1 atom stereocenters. The Hall–Kier alpha value is -0.480. The summed E-state index contributed by atoms with van der Waals surface area (Å²) >= 11 is 3.41. The molecule has 3 nitrogen and oxygen atoms in total. The predicted molar refractivity (Wildman–Crippen MR) is 57.6 cm³/mol. The van der Waals surface area contributed by atoms with Gasteiger partial charge in [0.05, 0.1) is 6.61 Å². The van der Waals surface area contributed by atoms with Crippen LogP contribution in [0.5, 0.6) is 0 Å². The first-order valence-electron chi connectivity index (χ1n) is 4.77. The Morgan fingerprint density at radius 1 is 1.64 bits per heavy atom. The standard InChI is InChI=1S/C10H13BrN2O/c1-7-9(4-11)5-12-10(13-7)8-2-3-14-6-8/h5,8H,2-4,6H2,1H3. The monoisotopic (exact) mass is 256 g/mol. The van der Waals surface area contributed by atoms with Crippen LogP contribution in [0.3, 0.4) is 0 Å². The molecule has 1 fully saturated rings. The predicted octanol–water partition coefficient (Wildman–Crippen LogP) is 2.18. The van der Waals surface area contributed by atoms with Crippen molar-refractivity contribution in [3.05, 3.63) is 23.3 Å². The second-order valence-electron chi connectivity index (χ2n) is 3.53. The Balaban J connectivity index is 2.23. The van der Waals surface area contributed by atoms with Gasteiger partial charge in [-0.25, -0.2) is 9.97 Å². The maximum Gasteiger partial charge on any atom is 0.134 e. The summed E-state index contributed by atoms with van der Waals surface area (Å²) in [5, 5.41) is 0.820. The average Bonchev–Trinajstić information content (AvgIpc) is 2.70. The highest BCUT2D eigenvalue weighted by Crippen LogP contribution is 2.22. The van der Waals surface area contributed by atoms with Gasteiger partial charge < -0.3 is 4.74 Å². The minimum absolute atomic E-state index is 0.401. The molecular weight excluding hydrogens is 244 g/mol. The van der Waals surface area contributed by atoms with E-state index in [1.807, 2.05) is 13.1 Å². The normalized spacial score (nSPS) is 21.4. The number of hydrogen-bond acceptors (Lipinski definition) is 3. The van der Waals surface area contributed by atoms with E-state index in [-0.39, 0.29) is 0 Å². The van der Waals surface area contributed by atoms with Gasteiger partial charge in [0, 0.05) is 35.3 Å². The summed E-state index contributed by atoms with van der Waals surface area (Å²) in [4.78, 5) is 8.88. The first kappa shape index (κ1) is 10.1. The number of aryl methyl sites for hydroxylation is 1. The summed E-state index contributed by atoms with van der Waals surface area (Å²) in [6.45, 7) is 3.64. The first-order chi connectivity index (χ1) is 6.81. The summed E-state index contributed by atoms with van der Waals surface area (Å²) in [6.07, 6.45) is 2.96. The highest BCUT2D eigenvalue weighted by atomic mass is 79.9. The second kappa shape index (κ2) is 4.36. The van der Waals surface area contributed by atoms with Crippen molar-refractivity contribution in [1.29, 1.82) is 0 Å². The van der Waals surface area contributed by atoms with E-state index in [0.29, 0.717) is 5.92 Å². The van der Waals surface area contributed by atoms with Crippen molar-refractivity contribution in [3.63, 3.8) is 0 Å². The van der Waals surface area contributed by atoms with Crippen LogP contribution in [0.1, 0.15) is 29.4 Å². The van der Waals surface area contributed by atoms with Crippen LogP contribution in [0, 0.1) is 6.92 Å². The molecule has 14 heavy (non-hydrogen) atoms. The fourth-order valence-electron chi connectivity index (χ4n) is 1.58. The molecule has 2 rings (SSSR count). The molecule has 1 unspecified atom stereocenters. The summed E-state index contributed by atoms with van der Waals surface area (Å²) < 4.78 is 5.32. The van der Waals surface area contributed by atoms with Gasteiger partial charge >= 0.3 is 0 Å². The maximum atomic E-state index is 5.32. The number of hydrogen-bond donors (Lipinski definition) is 0. The zero-order valence-corrected chi connectivity index (χ0v) is 9.75. The minimum atomic E-state index is 0.401. The van der Waals surface area contributed by atoms with E-state index in [0.717, 1.165) is 42.0 Å². The van der Waals surface area contributed by atoms with Gasteiger partial charge in [-0.15, -0.1) is 0 Å². The van der Waals surface area contributed by atoms with Gasteiger partial charge in [-0.1, -0.05) is 15.9 Å². The molecule has 0 bridgehead atoms. The number of alkyl halides is 1. The lowest BCUT2D eigenvalue weighted by molar-refractivity contribution is 0.193. The molecule has 1 saturated heterocycles. The lowest BCUT2D eigenvalue weighted by Crippen LogP contribution is -2.06. The Morgan fingerprint density at radius 3 is 3.07 bits per heavy atom. The molecule has 1 aromatic heterocycles. The van der Waals surface area contributed by atoms with Gasteiger partial charge in [-0.2, -0.15) is 0 Å². The molecule has 76 valence electrons. The summed E-state index contributed by atoms with van der Waals surface area (Å²) in [7, 11) is 0. The molecule has 1 aliphatic heterocycles. The average molecular weight is 257 g/mol. The quantitative estimate of drug-likeness (QED) is 0.762. The number of ether oxygens (including phenoxy) is 1. The van der Waals surface area contributed by atoms with Crippen LogP contribution in [0.15, 0.2) is 6.20 Å². The van der Waals surface area contributed by atoms with Crippen molar-refractivity contribution in [2.24, 2.45) is 0 Å². The molecule has 0 amide bonds. The topological polar surface area (TPSA) is 35.0 Å². The largest absolute Gasteiger partial charge is 0.381 e. The molecule has 1 aliphatic rings. The zero-order chi connectivity index (χ0) is 9.97. The van der Waals surface area contributed by atoms with Gasteiger partial charge in [-0.3, -0.25) is 0 Å². The van der Waals surface area contributed by atoms with Crippen molar-refractivity contribution in [2.45, 2.75) is 24.6 Å². The highest BCUT2D eigenvalue weighted by molar-refractivity contribution is 9.08. The third kappa shape index (κ3) is 1.96. The molecule has 1 aromatic rings. The van der Waals surface area contributed by atoms with E-state index in [2.05, 4.69) is 25.9 Å². The molecule has 0 radical (unpaired) electrons. The summed E-state index contributed by atoms with van der Waals surface area (Å²) in [5.41, 5.74) is 2.23. The van der Waals surface area contributed by atoms with E-state index in [1.54, 1.807) is 0 Å². The van der Waals surface area contributed by atoms with E-state index in [1.165, 1.54) is 0 Å².